The highest BCUT2D eigenvalue weighted by Crippen LogP contribution is 2.29. The van der Waals surface area contributed by atoms with Crippen molar-refractivity contribution in [2.75, 3.05) is 51.7 Å². The fraction of sp³-hybridized carbons (Fsp3) is 0.632. The summed E-state index contributed by atoms with van der Waals surface area (Å²) in [6, 6.07) is 4.05. The summed E-state index contributed by atoms with van der Waals surface area (Å²) >= 11 is 6.16. The van der Waals surface area contributed by atoms with Gasteiger partial charge in [0.2, 0.25) is 20.0 Å². The van der Waals surface area contributed by atoms with E-state index < -0.39 is 26.0 Å². The van der Waals surface area contributed by atoms with Gasteiger partial charge in [0.1, 0.15) is 4.90 Å². The van der Waals surface area contributed by atoms with Crippen molar-refractivity contribution in [1.82, 2.24) is 13.9 Å². The second-order valence-corrected chi connectivity index (χ2v) is 12.2. The number of benzene rings is 1. The molecule has 31 heavy (non-hydrogen) atoms. The van der Waals surface area contributed by atoms with Crippen LogP contribution < -0.4 is 5.32 Å². The summed E-state index contributed by atoms with van der Waals surface area (Å²) in [7, 11) is -7.34. The Balaban J connectivity index is 1.67. The zero-order valence-electron chi connectivity index (χ0n) is 17.4. The Bertz CT molecular complexity index is 1010. The van der Waals surface area contributed by atoms with E-state index in [4.69, 9.17) is 16.3 Å². The maximum atomic E-state index is 13.1. The van der Waals surface area contributed by atoms with Gasteiger partial charge < -0.3 is 10.1 Å². The summed E-state index contributed by atoms with van der Waals surface area (Å²) in [6.45, 7) is 4.03. The first-order valence-corrected chi connectivity index (χ1v) is 13.7. The van der Waals surface area contributed by atoms with Crippen LogP contribution in [0.2, 0.25) is 5.02 Å². The first-order chi connectivity index (χ1) is 14.6. The van der Waals surface area contributed by atoms with Crippen LogP contribution in [0.4, 0.5) is 0 Å². The summed E-state index contributed by atoms with van der Waals surface area (Å²) in [5.41, 5.74) is 0.108. The Labute approximate surface area is 188 Å². The molecule has 2 aliphatic rings. The number of halogens is 1. The molecule has 0 spiro atoms. The third kappa shape index (κ3) is 5.96. The molecule has 12 heteroatoms. The summed E-state index contributed by atoms with van der Waals surface area (Å²) < 4.78 is 58.7. The number of hydrogen-bond acceptors (Lipinski definition) is 6. The van der Waals surface area contributed by atoms with Crippen LogP contribution in [-0.4, -0.2) is 83.0 Å². The van der Waals surface area contributed by atoms with E-state index in [1.54, 1.807) is 0 Å². The fourth-order valence-electron chi connectivity index (χ4n) is 3.70. The molecule has 2 saturated heterocycles. The van der Waals surface area contributed by atoms with Crippen LogP contribution in [0.5, 0.6) is 0 Å². The maximum absolute atomic E-state index is 13.1. The first kappa shape index (κ1) is 24.4. The Hall–Kier alpha value is -1.24. The number of carbonyl (C=O) groups is 1. The molecule has 174 valence electrons. The Morgan fingerprint density at radius 2 is 1.87 bits per heavy atom. The van der Waals surface area contributed by atoms with Gasteiger partial charge in [-0.15, -0.1) is 0 Å². The van der Waals surface area contributed by atoms with E-state index in [0.29, 0.717) is 39.4 Å². The molecule has 2 fully saturated rings. The van der Waals surface area contributed by atoms with Crippen molar-refractivity contribution < 1.29 is 26.4 Å². The number of nitrogens with one attached hydrogen (secondary N) is 1. The number of rotatable bonds is 7. The molecule has 9 nitrogen and oxygen atoms in total. The number of nitrogens with zero attached hydrogens (tertiary/aromatic N) is 2. The Morgan fingerprint density at radius 3 is 2.55 bits per heavy atom. The van der Waals surface area contributed by atoms with Crippen LogP contribution in [-0.2, 0) is 24.8 Å². The predicted molar refractivity (Wildman–Crippen MR) is 117 cm³/mol. The molecule has 1 amide bonds. The summed E-state index contributed by atoms with van der Waals surface area (Å²) in [5.74, 6) is -0.553. The SMILES string of the molecule is CC1CCCN(S(=O)(=O)c2cc(C(=O)NCCS(=O)(=O)N3CCOCC3)ccc2Cl)C1. The van der Waals surface area contributed by atoms with E-state index in [-0.39, 0.29) is 33.7 Å². The largest absolute Gasteiger partial charge is 0.379 e. The van der Waals surface area contributed by atoms with E-state index in [2.05, 4.69) is 5.32 Å². The van der Waals surface area contributed by atoms with E-state index in [1.165, 1.54) is 26.8 Å². The molecule has 3 rings (SSSR count). The molecule has 1 atom stereocenters. The third-order valence-electron chi connectivity index (χ3n) is 5.44. The van der Waals surface area contributed by atoms with E-state index >= 15 is 0 Å². The lowest BCUT2D eigenvalue weighted by Crippen LogP contribution is -2.43. The lowest BCUT2D eigenvalue weighted by atomic mass is 10.0. The summed E-state index contributed by atoms with van der Waals surface area (Å²) in [6.07, 6.45) is 1.74. The van der Waals surface area contributed by atoms with Gasteiger partial charge in [-0.25, -0.2) is 16.8 Å². The Morgan fingerprint density at radius 1 is 1.16 bits per heavy atom. The minimum absolute atomic E-state index is 0.0460. The highest BCUT2D eigenvalue weighted by atomic mass is 35.5. The van der Waals surface area contributed by atoms with Crippen molar-refractivity contribution in [2.45, 2.75) is 24.7 Å². The van der Waals surface area contributed by atoms with E-state index in [9.17, 15) is 21.6 Å². The normalized spacial score (nSPS) is 21.7. The van der Waals surface area contributed by atoms with Crippen LogP contribution in [0, 0.1) is 5.92 Å². The lowest BCUT2D eigenvalue weighted by molar-refractivity contribution is 0.0730. The zero-order chi connectivity index (χ0) is 22.6. The van der Waals surface area contributed by atoms with E-state index in [0.717, 1.165) is 12.8 Å². The number of amides is 1. The van der Waals surface area contributed by atoms with Gasteiger partial charge in [0.25, 0.3) is 5.91 Å². The average molecular weight is 494 g/mol. The molecule has 1 aromatic rings. The topological polar surface area (TPSA) is 113 Å². The lowest BCUT2D eigenvalue weighted by Gasteiger charge is -2.30. The molecule has 0 aliphatic carbocycles. The number of hydrogen-bond donors (Lipinski definition) is 1. The monoisotopic (exact) mass is 493 g/mol. The van der Waals surface area contributed by atoms with Crippen LogP contribution in [0.3, 0.4) is 0 Å². The van der Waals surface area contributed by atoms with Crippen molar-refractivity contribution in [3.8, 4) is 0 Å². The van der Waals surface area contributed by atoms with Crippen molar-refractivity contribution in [3.63, 3.8) is 0 Å². The van der Waals surface area contributed by atoms with Crippen LogP contribution in [0.1, 0.15) is 30.1 Å². The van der Waals surface area contributed by atoms with Gasteiger partial charge in [-0.2, -0.15) is 8.61 Å². The third-order valence-corrected chi connectivity index (χ3v) is 9.66. The Kier molecular flexibility index (Phi) is 7.98. The molecule has 0 saturated carbocycles. The minimum Gasteiger partial charge on any atom is -0.379 e. The number of ether oxygens (including phenoxy) is 1. The summed E-state index contributed by atoms with van der Waals surface area (Å²) in [4.78, 5) is 12.4. The van der Waals surface area contributed by atoms with Gasteiger partial charge in [0.05, 0.1) is 24.0 Å². The highest BCUT2D eigenvalue weighted by molar-refractivity contribution is 7.89. The zero-order valence-corrected chi connectivity index (χ0v) is 19.8. The average Bonchev–Trinajstić information content (AvgIpc) is 2.74. The van der Waals surface area contributed by atoms with Gasteiger partial charge in [-0.3, -0.25) is 4.79 Å². The molecule has 2 heterocycles. The van der Waals surface area contributed by atoms with Gasteiger partial charge in [0, 0.05) is 38.3 Å². The quantitative estimate of drug-likeness (QED) is 0.609. The number of morpholine rings is 1. The second kappa shape index (κ2) is 10.1. The van der Waals surface area contributed by atoms with Crippen molar-refractivity contribution in [3.05, 3.63) is 28.8 Å². The molecule has 0 aromatic heterocycles. The van der Waals surface area contributed by atoms with Gasteiger partial charge in [-0.05, 0) is 37.0 Å². The molecule has 1 aromatic carbocycles. The van der Waals surface area contributed by atoms with Crippen molar-refractivity contribution >= 4 is 37.6 Å². The molecule has 2 aliphatic heterocycles. The minimum atomic E-state index is -3.83. The molecule has 1 N–H and O–H groups in total. The first-order valence-electron chi connectivity index (χ1n) is 10.2. The van der Waals surface area contributed by atoms with Gasteiger partial charge in [-0.1, -0.05) is 18.5 Å². The van der Waals surface area contributed by atoms with E-state index in [1.807, 2.05) is 6.92 Å². The number of sulfonamides is 2. The smallest absolute Gasteiger partial charge is 0.251 e. The number of carbonyl (C=O) groups excluding carboxylic acids is 1. The molecule has 0 bridgehead atoms. The number of piperidine rings is 1. The van der Waals surface area contributed by atoms with Gasteiger partial charge >= 0.3 is 0 Å². The molecular weight excluding hydrogens is 466 g/mol. The fourth-order valence-corrected chi connectivity index (χ4v) is 7.12. The standard InChI is InChI=1S/C19H28ClN3O6S2/c1-15-3-2-7-23(14-15)31(27,28)18-13-16(4-5-17(18)20)19(24)21-6-12-30(25,26)22-8-10-29-11-9-22/h4-5,13,15H,2-3,6-12,14H2,1H3,(H,21,24). The van der Waals surface area contributed by atoms with Crippen LogP contribution in [0.25, 0.3) is 0 Å². The highest BCUT2D eigenvalue weighted by Gasteiger charge is 2.31. The summed E-state index contributed by atoms with van der Waals surface area (Å²) in [5, 5.41) is 2.60. The van der Waals surface area contributed by atoms with Crippen molar-refractivity contribution in [2.24, 2.45) is 5.92 Å². The predicted octanol–water partition coefficient (Wildman–Crippen LogP) is 1.15. The molecular formula is C19H28ClN3O6S2. The molecule has 1 unspecified atom stereocenters. The van der Waals surface area contributed by atoms with Crippen LogP contribution in [0.15, 0.2) is 23.1 Å². The van der Waals surface area contributed by atoms with Gasteiger partial charge in [0.15, 0.2) is 0 Å². The molecule has 0 radical (unpaired) electrons. The maximum Gasteiger partial charge on any atom is 0.251 e. The van der Waals surface area contributed by atoms with Crippen LogP contribution >= 0.6 is 11.6 Å². The second-order valence-electron chi connectivity index (χ2n) is 7.84. The van der Waals surface area contributed by atoms with Crippen molar-refractivity contribution in [1.29, 1.82) is 0 Å².